The van der Waals surface area contributed by atoms with Gasteiger partial charge in [0, 0.05) is 0 Å². The molecule has 1 rings (SSSR count). The number of carboxylic acid groups (broad SMARTS) is 1. The van der Waals surface area contributed by atoms with Crippen molar-refractivity contribution in [1.29, 1.82) is 0 Å². The normalized spacial score (nSPS) is 19.6. The van der Waals surface area contributed by atoms with Gasteiger partial charge in [0.1, 0.15) is 6.04 Å². The van der Waals surface area contributed by atoms with Crippen molar-refractivity contribution in [2.75, 3.05) is 12.0 Å². The lowest BCUT2D eigenvalue weighted by molar-refractivity contribution is -0.143. The molecular weight excluding hydrogens is 228 g/mol. The summed E-state index contributed by atoms with van der Waals surface area (Å²) in [6.45, 7) is 0. The maximum absolute atomic E-state index is 11.7. The summed E-state index contributed by atoms with van der Waals surface area (Å²) in [6, 6.07) is -0.819. The number of carbonyl (C=O) groups excluding carboxylic acids is 1. The van der Waals surface area contributed by atoms with E-state index in [1.807, 2.05) is 6.26 Å². The summed E-state index contributed by atoms with van der Waals surface area (Å²) in [5, 5.41) is 11.5. The van der Waals surface area contributed by atoms with Crippen molar-refractivity contribution < 1.29 is 14.7 Å². The number of hydrogen-bond acceptors (Lipinski definition) is 4. The van der Waals surface area contributed by atoms with Crippen LogP contribution in [0.5, 0.6) is 0 Å². The van der Waals surface area contributed by atoms with E-state index in [-0.39, 0.29) is 5.91 Å². The number of aliphatic carboxylic acids is 1. The Labute approximate surface area is 99.1 Å². The molecule has 0 aromatic carbocycles. The molecule has 0 radical (unpaired) electrons. The fraction of sp³-hybridized carbons (Fsp3) is 0.800. The second-order valence-corrected chi connectivity index (χ2v) is 5.14. The summed E-state index contributed by atoms with van der Waals surface area (Å²) in [4.78, 5) is 22.6. The monoisotopic (exact) mass is 246 g/mol. The highest BCUT2D eigenvalue weighted by Gasteiger charge is 2.41. The van der Waals surface area contributed by atoms with Gasteiger partial charge in [-0.2, -0.15) is 11.8 Å². The first kappa shape index (κ1) is 13.3. The Hall–Kier alpha value is -0.750. The average Bonchev–Trinajstić information content (AvgIpc) is 2.19. The van der Waals surface area contributed by atoms with Crippen molar-refractivity contribution in [2.45, 2.75) is 37.3 Å². The molecule has 1 fully saturated rings. The van der Waals surface area contributed by atoms with Crippen molar-refractivity contribution >= 4 is 23.6 Å². The Bertz CT molecular complexity index is 279. The van der Waals surface area contributed by atoms with Crippen molar-refractivity contribution in [3.8, 4) is 0 Å². The lowest BCUT2D eigenvalue weighted by atomic mass is 9.77. The van der Waals surface area contributed by atoms with Crippen molar-refractivity contribution in [3.05, 3.63) is 0 Å². The van der Waals surface area contributed by atoms with Gasteiger partial charge in [-0.05, 0) is 37.7 Å². The summed E-state index contributed by atoms with van der Waals surface area (Å²) >= 11 is 1.56. The van der Waals surface area contributed by atoms with Gasteiger partial charge in [0.25, 0.3) is 0 Å². The first-order valence-corrected chi connectivity index (χ1v) is 6.70. The van der Waals surface area contributed by atoms with Gasteiger partial charge < -0.3 is 16.2 Å². The SMILES string of the molecule is CSCC[C@H](NC(=O)C1(N)CCC1)C(=O)O. The molecule has 0 unspecified atom stereocenters. The molecule has 1 aliphatic rings. The molecule has 5 nitrogen and oxygen atoms in total. The second-order valence-electron chi connectivity index (χ2n) is 4.16. The summed E-state index contributed by atoms with van der Waals surface area (Å²) in [5.74, 6) is -0.618. The number of carboxylic acids is 1. The first-order chi connectivity index (χ1) is 7.49. The predicted octanol–water partition coefficient (Wildman–Crippen LogP) is 0.190. The molecule has 92 valence electrons. The van der Waals surface area contributed by atoms with Crippen LogP contribution in [0.15, 0.2) is 0 Å². The van der Waals surface area contributed by atoms with E-state index < -0.39 is 17.6 Å². The fourth-order valence-corrected chi connectivity index (χ4v) is 2.05. The zero-order valence-corrected chi connectivity index (χ0v) is 10.2. The van der Waals surface area contributed by atoms with Crippen LogP contribution in [0.2, 0.25) is 0 Å². The van der Waals surface area contributed by atoms with Gasteiger partial charge in [-0.15, -0.1) is 0 Å². The smallest absolute Gasteiger partial charge is 0.326 e. The average molecular weight is 246 g/mol. The quantitative estimate of drug-likeness (QED) is 0.622. The van der Waals surface area contributed by atoms with E-state index >= 15 is 0 Å². The molecule has 16 heavy (non-hydrogen) atoms. The predicted molar refractivity (Wildman–Crippen MR) is 63.3 cm³/mol. The Kier molecular flexibility index (Phi) is 4.61. The Morgan fingerprint density at radius 3 is 2.56 bits per heavy atom. The number of thioether (sulfide) groups is 1. The summed E-state index contributed by atoms with van der Waals surface area (Å²) in [6.07, 6.45) is 4.56. The van der Waals surface area contributed by atoms with E-state index in [2.05, 4.69) is 5.32 Å². The number of hydrogen-bond donors (Lipinski definition) is 3. The van der Waals surface area contributed by atoms with Crippen LogP contribution in [0.3, 0.4) is 0 Å². The largest absolute Gasteiger partial charge is 0.480 e. The highest BCUT2D eigenvalue weighted by atomic mass is 32.2. The Balaban J connectivity index is 2.47. The van der Waals surface area contributed by atoms with E-state index in [1.54, 1.807) is 11.8 Å². The van der Waals surface area contributed by atoms with Crippen LogP contribution in [0.4, 0.5) is 0 Å². The summed E-state index contributed by atoms with van der Waals surface area (Å²) < 4.78 is 0. The van der Waals surface area contributed by atoms with Gasteiger partial charge in [0.05, 0.1) is 5.54 Å². The van der Waals surface area contributed by atoms with E-state index in [1.165, 1.54) is 0 Å². The van der Waals surface area contributed by atoms with Crippen LogP contribution in [0.25, 0.3) is 0 Å². The maximum atomic E-state index is 11.7. The zero-order valence-electron chi connectivity index (χ0n) is 9.36. The van der Waals surface area contributed by atoms with Gasteiger partial charge in [-0.1, -0.05) is 0 Å². The minimum Gasteiger partial charge on any atom is -0.480 e. The Morgan fingerprint density at radius 2 is 2.19 bits per heavy atom. The number of carbonyl (C=O) groups is 2. The van der Waals surface area contributed by atoms with Gasteiger partial charge in [0.2, 0.25) is 5.91 Å². The molecule has 0 aromatic heterocycles. The molecule has 0 bridgehead atoms. The lowest BCUT2D eigenvalue weighted by Gasteiger charge is -2.37. The molecule has 0 spiro atoms. The lowest BCUT2D eigenvalue weighted by Crippen LogP contribution is -2.61. The minimum absolute atomic E-state index is 0.327. The van der Waals surface area contributed by atoms with Crippen LogP contribution < -0.4 is 11.1 Å². The number of amides is 1. The Morgan fingerprint density at radius 1 is 1.56 bits per heavy atom. The van der Waals surface area contributed by atoms with Gasteiger partial charge in [0.15, 0.2) is 0 Å². The van der Waals surface area contributed by atoms with Crippen LogP contribution in [-0.2, 0) is 9.59 Å². The fourth-order valence-electron chi connectivity index (χ4n) is 1.58. The van der Waals surface area contributed by atoms with Gasteiger partial charge >= 0.3 is 5.97 Å². The topological polar surface area (TPSA) is 92.4 Å². The maximum Gasteiger partial charge on any atom is 0.326 e. The molecule has 4 N–H and O–H groups in total. The van der Waals surface area contributed by atoms with E-state index in [0.29, 0.717) is 25.0 Å². The second kappa shape index (κ2) is 5.54. The minimum atomic E-state index is -0.995. The highest BCUT2D eigenvalue weighted by Crippen LogP contribution is 2.29. The van der Waals surface area contributed by atoms with E-state index in [0.717, 1.165) is 6.42 Å². The molecule has 1 saturated carbocycles. The molecule has 1 atom stereocenters. The molecule has 0 aromatic rings. The third kappa shape index (κ3) is 3.12. The third-order valence-corrected chi connectivity index (χ3v) is 3.56. The van der Waals surface area contributed by atoms with Crippen LogP contribution in [-0.4, -0.2) is 40.6 Å². The van der Waals surface area contributed by atoms with Crippen molar-refractivity contribution in [2.24, 2.45) is 5.73 Å². The van der Waals surface area contributed by atoms with Crippen LogP contribution in [0, 0.1) is 0 Å². The number of rotatable bonds is 6. The molecular formula is C10H18N2O3S. The molecule has 0 saturated heterocycles. The molecule has 1 aliphatic carbocycles. The summed E-state index contributed by atoms with van der Waals surface area (Å²) in [5.41, 5.74) is 4.99. The van der Waals surface area contributed by atoms with Gasteiger partial charge in [-0.3, -0.25) is 4.79 Å². The number of nitrogens with two attached hydrogens (primary N) is 1. The zero-order chi connectivity index (χ0) is 12.2. The van der Waals surface area contributed by atoms with Crippen molar-refractivity contribution in [1.82, 2.24) is 5.32 Å². The van der Waals surface area contributed by atoms with E-state index in [4.69, 9.17) is 10.8 Å². The first-order valence-electron chi connectivity index (χ1n) is 5.31. The van der Waals surface area contributed by atoms with E-state index in [9.17, 15) is 9.59 Å². The standard InChI is InChI=1S/C10H18N2O3S/c1-16-6-3-7(8(13)14)12-9(15)10(11)4-2-5-10/h7H,2-6,11H2,1H3,(H,12,15)(H,13,14)/t7-/m0/s1. The third-order valence-electron chi connectivity index (χ3n) is 2.91. The van der Waals surface area contributed by atoms with Crippen molar-refractivity contribution in [3.63, 3.8) is 0 Å². The summed E-state index contributed by atoms with van der Waals surface area (Å²) in [7, 11) is 0. The van der Waals surface area contributed by atoms with Crippen LogP contribution in [0.1, 0.15) is 25.7 Å². The molecule has 6 heteroatoms. The molecule has 0 aliphatic heterocycles. The highest BCUT2D eigenvalue weighted by molar-refractivity contribution is 7.98. The molecule has 1 amide bonds. The van der Waals surface area contributed by atoms with Gasteiger partial charge in [-0.25, -0.2) is 4.79 Å². The van der Waals surface area contributed by atoms with Crippen LogP contribution >= 0.6 is 11.8 Å². The number of nitrogens with one attached hydrogen (secondary N) is 1. The molecule has 0 heterocycles.